The van der Waals surface area contributed by atoms with Crippen molar-refractivity contribution in [2.75, 3.05) is 14.2 Å². The molecular weight excluding hydrogens is 348 g/mol. The fourth-order valence-electron chi connectivity index (χ4n) is 3.48. The molecule has 0 aliphatic carbocycles. The fourth-order valence-corrected chi connectivity index (χ4v) is 3.48. The number of likely N-dealkylation sites (N-methyl/N-ethyl adjacent to an activating group) is 1. The molecule has 0 atom stereocenters. The SMILES string of the molecule is BC(B)(Oc1cc(C)c(Cc2ccc(OC)c(C(C)C)c2)c(C)c1)C(=O)NC. The molecule has 0 bridgehead atoms. The summed E-state index contributed by atoms with van der Waals surface area (Å²) in [7, 11) is 6.88. The van der Waals surface area contributed by atoms with E-state index in [-0.39, 0.29) is 5.91 Å². The number of rotatable bonds is 7. The van der Waals surface area contributed by atoms with Gasteiger partial charge in [-0.15, -0.1) is 0 Å². The van der Waals surface area contributed by atoms with Crippen LogP contribution in [0, 0.1) is 13.8 Å². The molecule has 0 fully saturated rings. The first-order chi connectivity index (χ1) is 13.1. The molecule has 0 aromatic heterocycles. The molecule has 0 radical (unpaired) electrons. The number of methoxy groups -OCH3 is 1. The molecule has 1 N–H and O–H groups in total. The van der Waals surface area contributed by atoms with Gasteiger partial charge >= 0.3 is 0 Å². The molecule has 0 unspecified atom stereocenters. The molecule has 2 aromatic carbocycles. The Balaban J connectivity index is 2.31. The van der Waals surface area contributed by atoms with Gasteiger partial charge in [-0.05, 0) is 72.2 Å². The molecule has 4 nitrogen and oxygen atoms in total. The standard InChI is InChI=1S/C22H31B2NO3/c1-13(2)18-11-16(7-8-20(18)27-6)12-19-14(3)9-17(10-15(19)4)28-22(23,24)21(26)25-5/h7-11,13H,12,23-24H2,1-6H3,(H,25,26). The summed E-state index contributed by atoms with van der Waals surface area (Å²) in [5.41, 5.74) is 6.08. The lowest BCUT2D eigenvalue weighted by Gasteiger charge is -2.26. The summed E-state index contributed by atoms with van der Waals surface area (Å²) in [5, 5.41) is 1.73. The summed E-state index contributed by atoms with van der Waals surface area (Å²) in [6.07, 6.45) is 0.848. The lowest BCUT2D eigenvalue weighted by Crippen LogP contribution is -2.51. The monoisotopic (exact) mass is 379 g/mol. The van der Waals surface area contributed by atoms with Gasteiger partial charge in [0.25, 0.3) is 0 Å². The Morgan fingerprint density at radius 3 is 2.25 bits per heavy atom. The number of hydrogen-bond donors (Lipinski definition) is 1. The maximum Gasteiger partial charge on any atom is 0.245 e. The van der Waals surface area contributed by atoms with Crippen molar-refractivity contribution < 1.29 is 14.3 Å². The molecular formula is C22H31B2NO3. The number of nitrogens with one attached hydrogen (secondary N) is 1. The van der Waals surface area contributed by atoms with Crippen LogP contribution in [0.15, 0.2) is 30.3 Å². The number of benzene rings is 2. The van der Waals surface area contributed by atoms with Crippen LogP contribution < -0.4 is 14.8 Å². The van der Waals surface area contributed by atoms with Crippen LogP contribution in [0.3, 0.4) is 0 Å². The smallest absolute Gasteiger partial charge is 0.245 e. The van der Waals surface area contributed by atoms with E-state index < -0.39 is 5.40 Å². The number of ether oxygens (including phenoxy) is 2. The van der Waals surface area contributed by atoms with Gasteiger partial charge in [-0.3, -0.25) is 4.79 Å². The molecule has 148 valence electrons. The van der Waals surface area contributed by atoms with E-state index in [1.165, 1.54) is 16.7 Å². The van der Waals surface area contributed by atoms with Crippen LogP contribution in [0.1, 0.15) is 47.6 Å². The van der Waals surface area contributed by atoms with Crippen molar-refractivity contribution in [1.82, 2.24) is 5.32 Å². The molecule has 0 spiro atoms. The van der Waals surface area contributed by atoms with E-state index in [4.69, 9.17) is 9.47 Å². The lowest BCUT2D eigenvalue weighted by molar-refractivity contribution is -0.126. The van der Waals surface area contributed by atoms with Gasteiger partial charge in [-0.2, -0.15) is 0 Å². The third-order valence-electron chi connectivity index (χ3n) is 5.11. The number of hydrogen-bond acceptors (Lipinski definition) is 3. The van der Waals surface area contributed by atoms with Gasteiger partial charge in [-0.1, -0.05) is 26.0 Å². The van der Waals surface area contributed by atoms with Gasteiger partial charge in [0.1, 0.15) is 16.9 Å². The number of carbonyl (C=O) groups excluding carboxylic acids is 1. The predicted octanol–water partition coefficient (Wildman–Crippen LogP) is 2.07. The van der Waals surface area contributed by atoms with Gasteiger partial charge < -0.3 is 14.8 Å². The van der Waals surface area contributed by atoms with E-state index in [1.54, 1.807) is 29.9 Å². The van der Waals surface area contributed by atoms with E-state index in [2.05, 4.69) is 51.2 Å². The average Bonchev–Trinajstić information content (AvgIpc) is 2.63. The van der Waals surface area contributed by atoms with Crippen LogP contribution in [0.25, 0.3) is 0 Å². The summed E-state index contributed by atoms with van der Waals surface area (Å²) in [6.45, 7) is 8.54. The Hall–Kier alpha value is -2.36. The average molecular weight is 379 g/mol. The maximum absolute atomic E-state index is 12.0. The van der Waals surface area contributed by atoms with E-state index in [9.17, 15) is 4.79 Å². The second-order valence-corrected chi connectivity index (χ2v) is 8.13. The molecule has 0 heterocycles. The summed E-state index contributed by atoms with van der Waals surface area (Å²) in [5.74, 6) is 1.91. The van der Waals surface area contributed by atoms with Gasteiger partial charge in [0.15, 0.2) is 15.7 Å². The van der Waals surface area contributed by atoms with Crippen LogP contribution in [0.5, 0.6) is 11.5 Å². The largest absolute Gasteiger partial charge is 0.496 e. The summed E-state index contributed by atoms with van der Waals surface area (Å²) < 4.78 is 11.5. The van der Waals surface area contributed by atoms with E-state index in [1.807, 2.05) is 12.1 Å². The van der Waals surface area contributed by atoms with Crippen LogP contribution in [-0.4, -0.2) is 41.2 Å². The van der Waals surface area contributed by atoms with Crippen LogP contribution >= 0.6 is 0 Å². The normalized spacial score (nSPS) is 11.4. The second kappa shape index (κ2) is 8.76. The predicted molar refractivity (Wildman–Crippen MR) is 120 cm³/mol. The van der Waals surface area contributed by atoms with Crippen molar-refractivity contribution in [3.8, 4) is 11.5 Å². The number of aryl methyl sites for hydroxylation is 2. The zero-order valence-corrected chi connectivity index (χ0v) is 18.4. The first-order valence-corrected chi connectivity index (χ1v) is 9.77. The van der Waals surface area contributed by atoms with Crippen molar-refractivity contribution >= 4 is 21.6 Å². The lowest BCUT2D eigenvalue weighted by atomic mass is 9.64. The topological polar surface area (TPSA) is 47.6 Å². The summed E-state index contributed by atoms with van der Waals surface area (Å²) >= 11 is 0. The van der Waals surface area contributed by atoms with Gasteiger partial charge in [0, 0.05) is 7.05 Å². The van der Waals surface area contributed by atoms with Gasteiger partial charge in [0.05, 0.1) is 7.11 Å². The second-order valence-electron chi connectivity index (χ2n) is 8.13. The Kier molecular flexibility index (Phi) is 6.86. The van der Waals surface area contributed by atoms with E-state index >= 15 is 0 Å². The Labute approximate surface area is 170 Å². The van der Waals surface area contributed by atoms with Crippen LogP contribution in [-0.2, 0) is 11.2 Å². The zero-order chi connectivity index (χ0) is 21.1. The zero-order valence-electron chi connectivity index (χ0n) is 18.4. The Bertz CT molecular complexity index is 840. The van der Waals surface area contributed by atoms with E-state index in [0.29, 0.717) is 11.7 Å². The number of carbonyl (C=O) groups is 1. The molecule has 0 saturated heterocycles. The molecule has 0 aliphatic heterocycles. The highest BCUT2D eigenvalue weighted by Crippen LogP contribution is 2.30. The molecule has 1 amide bonds. The Morgan fingerprint density at radius 1 is 1.14 bits per heavy atom. The minimum absolute atomic E-state index is 0.147. The first-order valence-electron chi connectivity index (χ1n) is 9.77. The fraction of sp³-hybridized carbons (Fsp3) is 0.409. The highest BCUT2D eigenvalue weighted by molar-refractivity contribution is 6.50. The molecule has 6 heteroatoms. The molecule has 0 aliphatic rings. The highest BCUT2D eigenvalue weighted by Gasteiger charge is 2.28. The van der Waals surface area contributed by atoms with Gasteiger partial charge in [-0.25, -0.2) is 0 Å². The van der Waals surface area contributed by atoms with Crippen molar-refractivity contribution in [3.63, 3.8) is 0 Å². The third-order valence-corrected chi connectivity index (χ3v) is 5.11. The van der Waals surface area contributed by atoms with E-state index in [0.717, 1.165) is 23.3 Å². The third kappa shape index (κ3) is 4.92. The molecule has 28 heavy (non-hydrogen) atoms. The number of amides is 1. The quantitative estimate of drug-likeness (QED) is 0.750. The van der Waals surface area contributed by atoms with Crippen molar-refractivity contribution in [3.05, 3.63) is 58.1 Å². The Morgan fingerprint density at radius 2 is 1.75 bits per heavy atom. The minimum Gasteiger partial charge on any atom is -0.496 e. The molecule has 2 rings (SSSR count). The van der Waals surface area contributed by atoms with Crippen molar-refractivity contribution in [2.24, 2.45) is 0 Å². The molecule has 2 aromatic rings. The summed E-state index contributed by atoms with van der Waals surface area (Å²) in [4.78, 5) is 12.0. The minimum atomic E-state index is -0.919. The molecule has 0 saturated carbocycles. The summed E-state index contributed by atoms with van der Waals surface area (Å²) in [6, 6.07) is 10.4. The van der Waals surface area contributed by atoms with Crippen molar-refractivity contribution in [2.45, 2.75) is 45.4 Å². The van der Waals surface area contributed by atoms with Gasteiger partial charge in [0.2, 0.25) is 5.91 Å². The highest BCUT2D eigenvalue weighted by atomic mass is 16.5. The maximum atomic E-state index is 12.0. The van der Waals surface area contributed by atoms with Crippen LogP contribution in [0.4, 0.5) is 0 Å². The van der Waals surface area contributed by atoms with Crippen LogP contribution in [0.2, 0.25) is 0 Å². The van der Waals surface area contributed by atoms with Crippen molar-refractivity contribution in [1.29, 1.82) is 0 Å². The first kappa shape index (κ1) is 21.9.